The first-order valence-corrected chi connectivity index (χ1v) is 7.08. The fourth-order valence-electron chi connectivity index (χ4n) is 2.62. The molecule has 3 nitrogen and oxygen atoms in total. The van der Waals surface area contributed by atoms with E-state index in [1.165, 1.54) is 18.2 Å². The number of hydrogen-bond donors (Lipinski definition) is 2. The van der Waals surface area contributed by atoms with Crippen LogP contribution in [0.2, 0.25) is 5.02 Å². The number of alkyl halides is 3. The number of carbonyl (C=O) groups excluding carboxylic acids is 1. The minimum Gasteiger partial charge on any atom is -0.398 e. The van der Waals surface area contributed by atoms with Crippen LogP contribution < -0.4 is 11.1 Å². The number of anilines is 1. The highest BCUT2D eigenvalue weighted by atomic mass is 35.5. The SMILES string of the molecule is Nc1cc(Cl)ccc1C(=O)NC1CCCC(C(F)(F)F)C1. The second-order valence-corrected chi connectivity index (χ2v) is 5.74. The minimum atomic E-state index is -4.21. The number of nitrogen functional groups attached to an aromatic ring is 1. The second kappa shape index (κ2) is 6.13. The standard InChI is InChI=1S/C14H16ClF3N2O/c15-9-4-5-11(12(19)7-9)13(21)20-10-3-1-2-8(6-10)14(16,17)18/h4-5,7-8,10H,1-3,6,19H2,(H,20,21). The van der Waals surface area contributed by atoms with E-state index < -0.39 is 24.0 Å². The molecule has 2 rings (SSSR count). The van der Waals surface area contributed by atoms with Gasteiger partial charge in [0, 0.05) is 16.8 Å². The highest BCUT2D eigenvalue weighted by Crippen LogP contribution is 2.37. The Kier molecular flexibility index (Phi) is 4.66. The lowest BCUT2D eigenvalue weighted by Gasteiger charge is -2.31. The van der Waals surface area contributed by atoms with Crippen molar-refractivity contribution in [2.75, 3.05) is 5.73 Å². The summed E-state index contributed by atoms with van der Waals surface area (Å²) in [6.07, 6.45) is -3.17. The van der Waals surface area contributed by atoms with Crippen LogP contribution in [0.3, 0.4) is 0 Å². The maximum absolute atomic E-state index is 12.7. The van der Waals surface area contributed by atoms with E-state index in [9.17, 15) is 18.0 Å². The lowest BCUT2D eigenvalue weighted by molar-refractivity contribution is -0.183. The van der Waals surface area contributed by atoms with E-state index in [2.05, 4.69) is 5.32 Å². The van der Waals surface area contributed by atoms with Crippen molar-refractivity contribution in [3.05, 3.63) is 28.8 Å². The Bertz CT molecular complexity index is 533. The molecule has 1 aliphatic carbocycles. The zero-order chi connectivity index (χ0) is 15.6. The third-order valence-electron chi connectivity index (χ3n) is 3.73. The van der Waals surface area contributed by atoms with E-state index in [4.69, 9.17) is 17.3 Å². The van der Waals surface area contributed by atoms with Crippen LogP contribution in [0, 0.1) is 5.92 Å². The molecular formula is C14H16ClF3N2O. The Balaban J connectivity index is 2.02. The molecule has 3 N–H and O–H groups in total. The van der Waals surface area contributed by atoms with Gasteiger partial charge in [-0.1, -0.05) is 18.0 Å². The summed E-state index contributed by atoms with van der Waals surface area (Å²) in [4.78, 5) is 12.1. The Morgan fingerprint density at radius 1 is 1.33 bits per heavy atom. The van der Waals surface area contributed by atoms with Crippen LogP contribution in [0.1, 0.15) is 36.0 Å². The van der Waals surface area contributed by atoms with E-state index in [0.717, 1.165) is 0 Å². The number of carbonyl (C=O) groups is 1. The van der Waals surface area contributed by atoms with Gasteiger partial charge in [-0.15, -0.1) is 0 Å². The molecule has 1 fully saturated rings. The van der Waals surface area contributed by atoms with Crippen LogP contribution in [0.25, 0.3) is 0 Å². The Morgan fingerprint density at radius 3 is 2.67 bits per heavy atom. The van der Waals surface area contributed by atoms with Gasteiger partial charge in [0.05, 0.1) is 11.5 Å². The average molecular weight is 321 g/mol. The zero-order valence-electron chi connectivity index (χ0n) is 11.2. The Hall–Kier alpha value is -1.43. The van der Waals surface area contributed by atoms with Gasteiger partial charge in [-0.3, -0.25) is 4.79 Å². The quantitative estimate of drug-likeness (QED) is 0.815. The molecule has 2 atom stereocenters. The molecule has 1 amide bonds. The lowest BCUT2D eigenvalue weighted by atomic mass is 9.85. The number of nitrogens with one attached hydrogen (secondary N) is 1. The molecule has 0 saturated heterocycles. The molecule has 7 heteroatoms. The van der Waals surface area contributed by atoms with E-state index in [0.29, 0.717) is 17.9 Å². The number of amides is 1. The molecule has 1 aliphatic rings. The monoisotopic (exact) mass is 320 g/mol. The third-order valence-corrected chi connectivity index (χ3v) is 3.97. The number of benzene rings is 1. The predicted octanol–water partition coefficient (Wildman–Crippen LogP) is 3.77. The molecule has 0 heterocycles. The first kappa shape index (κ1) is 15.9. The molecule has 1 aromatic rings. The zero-order valence-corrected chi connectivity index (χ0v) is 12.0. The molecule has 2 unspecified atom stereocenters. The van der Waals surface area contributed by atoms with Crippen molar-refractivity contribution in [3.8, 4) is 0 Å². The van der Waals surface area contributed by atoms with Crippen molar-refractivity contribution < 1.29 is 18.0 Å². The molecule has 21 heavy (non-hydrogen) atoms. The number of nitrogens with two attached hydrogens (primary N) is 1. The third kappa shape index (κ3) is 4.03. The van der Waals surface area contributed by atoms with Crippen molar-refractivity contribution in [1.82, 2.24) is 5.32 Å². The summed E-state index contributed by atoms with van der Waals surface area (Å²) in [7, 11) is 0. The van der Waals surface area contributed by atoms with Crippen LogP contribution in [0.4, 0.5) is 18.9 Å². The van der Waals surface area contributed by atoms with Gasteiger partial charge in [0.25, 0.3) is 5.91 Å². The smallest absolute Gasteiger partial charge is 0.391 e. The van der Waals surface area contributed by atoms with Gasteiger partial charge >= 0.3 is 6.18 Å². The van der Waals surface area contributed by atoms with E-state index >= 15 is 0 Å². The molecule has 1 aromatic carbocycles. The largest absolute Gasteiger partial charge is 0.398 e. The predicted molar refractivity (Wildman–Crippen MR) is 75.1 cm³/mol. The van der Waals surface area contributed by atoms with Crippen molar-refractivity contribution in [3.63, 3.8) is 0 Å². The minimum absolute atomic E-state index is 0.0806. The van der Waals surface area contributed by atoms with Gasteiger partial charge in [-0.05, 0) is 37.5 Å². The molecule has 0 aromatic heterocycles. The van der Waals surface area contributed by atoms with Crippen molar-refractivity contribution in [1.29, 1.82) is 0 Å². The Morgan fingerprint density at radius 2 is 2.05 bits per heavy atom. The molecule has 0 radical (unpaired) electrons. The van der Waals surface area contributed by atoms with Crippen LogP contribution in [0.5, 0.6) is 0 Å². The lowest BCUT2D eigenvalue weighted by Crippen LogP contribution is -2.41. The average Bonchev–Trinajstić information content (AvgIpc) is 2.37. The summed E-state index contributed by atoms with van der Waals surface area (Å²) in [6.45, 7) is 0. The van der Waals surface area contributed by atoms with Gasteiger partial charge < -0.3 is 11.1 Å². The summed E-state index contributed by atoms with van der Waals surface area (Å²) in [6, 6.07) is 3.95. The maximum atomic E-state index is 12.7. The molecule has 116 valence electrons. The van der Waals surface area contributed by atoms with Crippen molar-refractivity contribution in [2.45, 2.75) is 37.9 Å². The van der Waals surface area contributed by atoms with Gasteiger partial charge in [-0.2, -0.15) is 13.2 Å². The molecule has 0 bridgehead atoms. The number of rotatable bonds is 2. The number of halogens is 4. The van der Waals surface area contributed by atoms with Crippen LogP contribution in [-0.2, 0) is 0 Å². The summed E-state index contributed by atoms with van der Waals surface area (Å²) in [5, 5.41) is 3.04. The molecule has 1 saturated carbocycles. The van der Waals surface area contributed by atoms with E-state index in [1.54, 1.807) is 0 Å². The normalized spacial score (nSPS) is 22.9. The summed E-state index contributed by atoms with van der Waals surface area (Å²) >= 11 is 5.75. The van der Waals surface area contributed by atoms with E-state index in [1.807, 2.05) is 0 Å². The summed E-state index contributed by atoms with van der Waals surface area (Å²) in [5.74, 6) is -1.81. The van der Waals surface area contributed by atoms with Crippen molar-refractivity contribution in [2.24, 2.45) is 5.92 Å². The fourth-order valence-corrected chi connectivity index (χ4v) is 2.80. The maximum Gasteiger partial charge on any atom is 0.391 e. The first-order valence-electron chi connectivity index (χ1n) is 6.70. The highest BCUT2D eigenvalue weighted by molar-refractivity contribution is 6.31. The van der Waals surface area contributed by atoms with Gasteiger partial charge in [-0.25, -0.2) is 0 Å². The first-order chi connectivity index (χ1) is 9.77. The molecular weight excluding hydrogens is 305 g/mol. The fraction of sp³-hybridized carbons (Fsp3) is 0.500. The van der Waals surface area contributed by atoms with E-state index in [-0.39, 0.29) is 24.1 Å². The Labute approximate surface area is 125 Å². The second-order valence-electron chi connectivity index (χ2n) is 5.31. The number of hydrogen-bond acceptors (Lipinski definition) is 2. The topological polar surface area (TPSA) is 55.1 Å². The molecule has 0 spiro atoms. The highest BCUT2D eigenvalue weighted by Gasteiger charge is 2.42. The summed E-state index contributed by atoms with van der Waals surface area (Å²) in [5.41, 5.74) is 6.14. The van der Waals surface area contributed by atoms with Gasteiger partial charge in [0.2, 0.25) is 0 Å². The van der Waals surface area contributed by atoms with Crippen LogP contribution >= 0.6 is 11.6 Å². The molecule has 0 aliphatic heterocycles. The van der Waals surface area contributed by atoms with Gasteiger partial charge in [0.1, 0.15) is 0 Å². The van der Waals surface area contributed by atoms with Crippen LogP contribution in [-0.4, -0.2) is 18.1 Å². The van der Waals surface area contributed by atoms with Gasteiger partial charge in [0.15, 0.2) is 0 Å². The van der Waals surface area contributed by atoms with Crippen LogP contribution in [0.15, 0.2) is 18.2 Å². The van der Waals surface area contributed by atoms with Crippen molar-refractivity contribution >= 4 is 23.2 Å². The summed E-state index contributed by atoms with van der Waals surface area (Å²) < 4.78 is 38.2.